The van der Waals surface area contributed by atoms with Crippen LogP contribution in [0.25, 0.3) is 0 Å². The maximum Gasteiger partial charge on any atom is 0.330 e. The lowest BCUT2D eigenvalue weighted by Gasteiger charge is -2.28. The molecule has 2 fully saturated rings. The van der Waals surface area contributed by atoms with Crippen LogP contribution < -0.4 is 17.0 Å². The molecule has 0 unspecified atom stereocenters. The molecule has 0 bridgehead atoms. The van der Waals surface area contributed by atoms with Crippen LogP contribution in [-0.2, 0) is 0 Å². The first kappa shape index (κ1) is 15.0. The largest absolute Gasteiger partial charge is 0.393 e. The number of aromatic nitrogens is 2. The Hall–Kier alpha value is -1.93. The molecule has 1 aromatic rings. The molecule has 8 nitrogen and oxygen atoms in total. The van der Waals surface area contributed by atoms with Gasteiger partial charge in [-0.25, -0.2) is 4.79 Å². The number of nitrogens with two attached hydrogens (primary N) is 1. The maximum atomic E-state index is 12.4. The van der Waals surface area contributed by atoms with E-state index in [1.165, 1.54) is 4.57 Å². The summed E-state index contributed by atoms with van der Waals surface area (Å²) >= 11 is 0. The second kappa shape index (κ2) is 5.69. The van der Waals surface area contributed by atoms with Gasteiger partial charge >= 0.3 is 5.69 Å². The van der Waals surface area contributed by atoms with Gasteiger partial charge in [-0.1, -0.05) is 0 Å². The molecular weight excluding hydrogens is 288 g/mol. The Labute approximate surface area is 126 Å². The van der Waals surface area contributed by atoms with E-state index in [9.17, 15) is 19.5 Å². The molecule has 120 valence electrons. The van der Waals surface area contributed by atoms with E-state index in [4.69, 9.17) is 5.73 Å². The SMILES string of the molecule is Nc1c(C(=O)CN2CCC(O)CC2)c(=O)[nH]c(=O)n1C1CC1. The predicted molar refractivity (Wildman–Crippen MR) is 80.0 cm³/mol. The van der Waals surface area contributed by atoms with E-state index in [1.807, 2.05) is 4.90 Å². The summed E-state index contributed by atoms with van der Waals surface area (Å²) in [6.07, 6.45) is 2.56. The molecular formula is C14H20N4O4. The number of ketones is 1. The molecule has 2 aliphatic rings. The quantitative estimate of drug-likeness (QED) is 0.619. The van der Waals surface area contributed by atoms with Crippen molar-refractivity contribution in [1.29, 1.82) is 0 Å². The fourth-order valence-electron chi connectivity index (χ4n) is 2.89. The summed E-state index contributed by atoms with van der Waals surface area (Å²) in [6, 6.07) is -0.0129. The molecule has 1 aliphatic heterocycles. The number of H-pyrrole nitrogens is 1. The summed E-state index contributed by atoms with van der Waals surface area (Å²) in [7, 11) is 0. The minimum Gasteiger partial charge on any atom is -0.393 e. The fourth-order valence-corrected chi connectivity index (χ4v) is 2.89. The number of likely N-dealkylation sites (tertiary alicyclic amines) is 1. The van der Waals surface area contributed by atoms with Gasteiger partial charge in [0.1, 0.15) is 11.4 Å². The third kappa shape index (κ3) is 2.84. The molecule has 1 saturated carbocycles. The van der Waals surface area contributed by atoms with E-state index in [2.05, 4.69) is 4.98 Å². The topological polar surface area (TPSA) is 121 Å². The number of carbonyl (C=O) groups is 1. The van der Waals surface area contributed by atoms with Gasteiger partial charge in [0.15, 0.2) is 5.78 Å². The van der Waals surface area contributed by atoms with Gasteiger partial charge in [-0.15, -0.1) is 0 Å². The first-order valence-electron chi connectivity index (χ1n) is 7.55. The number of rotatable bonds is 4. The maximum absolute atomic E-state index is 12.4. The molecule has 8 heteroatoms. The molecule has 3 rings (SSSR count). The van der Waals surface area contributed by atoms with Gasteiger partial charge in [0.2, 0.25) is 0 Å². The van der Waals surface area contributed by atoms with Crippen molar-refractivity contribution in [3.63, 3.8) is 0 Å². The van der Waals surface area contributed by atoms with E-state index in [0.717, 1.165) is 12.8 Å². The molecule has 1 aliphatic carbocycles. The highest BCUT2D eigenvalue weighted by atomic mass is 16.3. The average Bonchev–Trinajstić information content (AvgIpc) is 3.25. The summed E-state index contributed by atoms with van der Waals surface area (Å²) in [6.45, 7) is 1.28. The van der Waals surface area contributed by atoms with Gasteiger partial charge in [-0.2, -0.15) is 0 Å². The third-order valence-corrected chi connectivity index (χ3v) is 4.30. The van der Waals surface area contributed by atoms with Crippen molar-refractivity contribution in [2.75, 3.05) is 25.4 Å². The number of nitrogen functional groups attached to an aromatic ring is 1. The van der Waals surface area contributed by atoms with Crippen LogP contribution in [0.15, 0.2) is 9.59 Å². The smallest absolute Gasteiger partial charge is 0.330 e. The van der Waals surface area contributed by atoms with Gasteiger partial charge in [-0.3, -0.25) is 24.0 Å². The molecule has 1 aromatic heterocycles. The van der Waals surface area contributed by atoms with Crippen LogP contribution in [0.1, 0.15) is 42.1 Å². The molecule has 1 saturated heterocycles. The monoisotopic (exact) mass is 308 g/mol. The van der Waals surface area contributed by atoms with Crippen molar-refractivity contribution in [3.05, 3.63) is 26.4 Å². The Bertz CT molecular complexity index is 696. The van der Waals surface area contributed by atoms with Gasteiger partial charge in [0.05, 0.1) is 12.6 Å². The molecule has 0 amide bonds. The zero-order valence-corrected chi connectivity index (χ0v) is 12.2. The van der Waals surface area contributed by atoms with Crippen LogP contribution >= 0.6 is 0 Å². The summed E-state index contributed by atoms with van der Waals surface area (Å²) in [4.78, 5) is 40.3. The minimum absolute atomic E-state index is 0.0129. The molecule has 22 heavy (non-hydrogen) atoms. The number of hydrogen-bond donors (Lipinski definition) is 3. The molecule has 0 spiro atoms. The number of aliphatic hydroxyl groups is 1. The van der Waals surface area contributed by atoms with Crippen molar-refractivity contribution in [3.8, 4) is 0 Å². The first-order valence-corrected chi connectivity index (χ1v) is 7.55. The Kier molecular flexibility index (Phi) is 3.88. The second-order valence-electron chi connectivity index (χ2n) is 6.05. The van der Waals surface area contributed by atoms with Crippen molar-refractivity contribution in [2.24, 2.45) is 0 Å². The molecule has 4 N–H and O–H groups in total. The summed E-state index contributed by atoms with van der Waals surface area (Å²) in [5, 5.41) is 9.48. The van der Waals surface area contributed by atoms with Crippen LogP contribution in [0.2, 0.25) is 0 Å². The zero-order chi connectivity index (χ0) is 15.9. The lowest BCUT2D eigenvalue weighted by molar-refractivity contribution is 0.0710. The third-order valence-electron chi connectivity index (χ3n) is 4.30. The fraction of sp³-hybridized carbons (Fsp3) is 0.643. The number of nitrogens with one attached hydrogen (secondary N) is 1. The number of piperidine rings is 1. The highest BCUT2D eigenvalue weighted by Crippen LogP contribution is 2.35. The number of hydrogen-bond acceptors (Lipinski definition) is 6. The van der Waals surface area contributed by atoms with E-state index in [-0.39, 0.29) is 35.9 Å². The molecule has 0 radical (unpaired) electrons. The number of Topliss-reactive ketones (excluding diaryl/α,β-unsaturated/α-hetero) is 1. The Morgan fingerprint density at radius 1 is 1.23 bits per heavy atom. The minimum atomic E-state index is -0.721. The highest BCUT2D eigenvalue weighted by molar-refractivity contribution is 6.01. The number of anilines is 1. The van der Waals surface area contributed by atoms with Crippen molar-refractivity contribution in [1.82, 2.24) is 14.5 Å². The summed E-state index contributed by atoms with van der Waals surface area (Å²) < 4.78 is 1.31. The van der Waals surface area contributed by atoms with Gasteiger partial charge in [-0.05, 0) is 25.7 Å². The Morgan fingerprint density at radius 2 is 1.86 bits per heavy atom. The van der Waals surface area contributed by atoms with Crippen LogP contribution in [0, 0.1) is 0 Å². The van der Waals surface area contributed by atoms with E-state index in [1.54, 1.807) is 0 Å². The first-order chi connectivity index (χ1) is 10.5. The van der Waals surface area contributed by atoms with E-state index >= 15 is 0 Å². The van der Waals surface area contributed by atoms with Crippen LogP contribution in [0.4, 0.5) is 5.82 Å². The normalized spacial score (nSPS) is 20.2. The van der Waals surface area contributed by atoms with Crippen molar-refractivity contribution < 1.29 is 9.90 Å². The van der Waals surface area contributed by atoms with Gasteiger partial charge in [0, 0.05) is 19.1 Å². The Balaban J connectivity index is 1.84. The lowest BCUT2D eigenvalue weighted by atomic mass is 10.1. The van der Waals surface area contributed by atoms with Crippen molar-refractivity contribution in [2.45, 2.75) is 37.8 Å². The van der Waals surface area contributed by atoms with Crippen LogP contribution in [0.5, 0.6) is 0 Å². The van der Waals surface area contributed by atoms with Crippen LogP contribution in [-0.4, -0.2) is 51.1 Å². The van der Waals surface area contributed by atoms with Gasteiger partial charge < -0.3 is 10.8 Å². The number of nitrogens with zero attached hydrogens (tertiary/aromatic N) is 2. The number of aromatic amines is 1. The molecule has 0 aromatic carbocycles. The molecule has 2 heterocycles. The van der Waals surface area contributed by atoms with Gasteiger partial charge in [0.25, 0.3) is 5.56 Å². The predicted octanol–water partition coefficient (Wildman–Crippen LogP) is -0.907. The number of aliphatic hydroxyl groups excluding tert-OH is 1. The van der Waals surface area contributed by atoms with Crippen LogP contribution in [0.3, 0.4) is 0 Å². The zero-order valence-electron chi connectivity index (χ0n) is 12.2. The number of carbonyl (C=O) groups excluding carboxylic acids is 1. The Morgan fingerprint density at radius 3 is 2.45 bits per heavy atom. The summed E-state index contributed by atoms with van der Waals surface area (Å²) in [5.41, 5.74) is 4.52. The highest BCUT2D eigenvalue weighted by Gasteiger charge is 2.30. The second-order valence-corrected chi connectivity index (χ2v) is 6.05. The van der Waals surface area contributed by atoms with E-state index in [0.29, 0.717) is 25.9 Å². The lowest BCUT2D eigenvalue weighted by Crippen LogP contribution is -2.42. The molecule has 0 atom stereocenters. The average molecular weight is 308 g/mol. The summed E-state index contributed by atoms with van der Waals surface area (Å²) in [5.74, 6) is -0.414. The van der Waals surface area contributed by atoms with E-state index < -0.39 is 11.2 Å². The standard InChI is InChI=1S/C14H20N4O4/c15-12-11(10(20)7-17-5-3-9(19)4-6-17)13(21)16-14(22)18(12)8-1-2-8/h8-9,19H,1-7,15H2,(H,16,21,22). The van der Waals surface area contributed by atoms with Crippen molar-refractivity contribution >= 4 is 11.6 Å².